The van der Waals surface area contributed by atoms with Crippen LogP contribution in [0.25, 0.3) is 23.1 Å². The van der Waals surface area contributed by atoms with Gasteiger partial charge in [-0.3, -0.25) is 9.69 Å². The van der Waals surface area contributed by atoms with Crippen molar-refractivity contribution < 1.29 is 0 Å². The number of aryl methyl sites for hydroxylation is 1. The average molecular weight is 461 g/mol. The number of imidazole rings is 1. The molecule has 1 aliphatic heterocycles. The van der Waals surface area contributed by atoms with Gasteiger partial charge in [-0.05, 0) is 17.7 Å². The summed E-state index contributed by atoms with van der Waals surface area (Å²) in [5, 5.41) is 4.59. The lowest BCUT2D eigenvalue weighted by atomic mass is 10.2. The van der Waals surface area contributed by atoms with Gasteiger partial charge in [0, 0.05) is 39.8 Å². The summed E-state index contributed by atoms with van der Waals surface area (Å²) in [5.41, 5.74) is 3.26. The molecule has 0 radical (unpaired) electrons. The van der Waals surface area contributed by atoms with Crippen molar-refractivity contribution in [1.29, 1.82) is 0 Å². The standard InChI is InChI=1S/C25H25ClN6O/c1-29-21-12-6-5-11-20(21)28-25(29)32-24(33)23(26)22(18-27-32)31-16-14-30(15-17-31)13-7-10-19-8-3-2-4-9-19/h2-12,18H,13-17H2,1H3. The predicted octanol–water partition coefficient (Wildman–Crippen LogP) is 3.61. The van der Waals surface area contributed by atoms with E-state index in [1.165, 1.54) is 10.2 Å². The minimum Gasteiger partial charge on any atom is -0.366 e. The smallest absolute Gasteiger partial charge is 0.295 e. The Balaban J connectivity index is 1.29. The molecule has 0 atom stereocenters. The van der Waals surface area contributed by atoms with E-state index in [4.69, 9.17) is 11.6 Å². The maximum absolute atomic E-state index is 13.1. The molecule has 7 nitrogen and oxygen atoms in total. The van der Waals surface area contributed by atoms with E-state index in [0.29, 0.717) is 11.6 Å². The number of hydrogen-bond donors (Lipinski definition) is 0. The third kappa shape index (κ3) is 4.29. The number of nitrogens with zero attached hydrogens (tertiary/aromatic N) is 6. The molecule has 0 N–H and O–H groups in total. The van der Waals surface area contributed by atoms with Gasteiger partial charge in [0.15, 0.2) is 0 Å². The number of hydrogen-bond acceptors (Lipinski definition) is 5. The molecule has 0 bridgehead atoms. The molecule has 0 amide bonds. The third-order valence-electron chi connectivity index (χ3n) is 6.04. The lowest BCUT2D eigenvalue weighted by Crippen LogP contribution is -2.47. The Bertz CT molecular complexity index is 1350. The van der Waals surface area contributed by atoms with Crippen LogP contribution in [-0.2, 0) is 7.05 Å². The quantitative estimate of drug-likeness (QED) is 0.455. The zero-order valence-corrected chi connectivity index (χ0v) is 19.2. The van der Waals surface area contributed by atoms with Crippen molar-refractivity contribution in [2.45, 2.75) is 0 Å². The molecule has 4 aromatic rings. The van der Waals surface area contributed by atoms with E-state index in [0.717, 1.165) is 43.8 Å². The van der Waals surface area contributed by atoms with Crippen molar-refractivity contribution >= 4 is 34.4 Å². The zero-order valence-electron chi connectivity index (χ0n) is 18.4. The number of aromatic nitrogens is 4. The second-order valence-electron chi connectivity index (χ2n) is 8.12. The number of benzene rings is 2. The maximum Gasteiger partial charge on any atom is 0.295 e. The Hall–Kier alpha value is -3.42. The van der Waals surface area contributed by atoms with Crippen LogP contribution in [0.2, 0.25) is 5.02 Å². The van der Waals surface area contributed by atoms with Gasteiger partial charge in [-0.1, -0.05) is 66.2 Å². The Morgan fingerprint density at radius 2 is 1.73 bits per heavy atom. The highest BCUT2D eigenvalue weighted by atomic mass is 35.5. The van der Waals surface area contributed by atoms with Gasteiger partial charge in [0.25, 0.3) is 5.56 Å². The molecule has 1 aliphatic rings. The lowest BCUT2D eigenvalue weighted by Gasteiger charge is -2.35. The molecule has 2 aromatic heterocycles. The van der Waals surface area contributed by atoms with E-state index < -0.39 is 0 Å². The van der Waals surface area contributed by atoms with Crippen LogP contribution in [0.5, 0.6) is 0 Å². The van der Waals surface area contributed by atoms with Crippen molar-refractivity contribution in [2.24, 2.45) is 7.05 Å². The fourth-order valence-electron chi connectivity index (χ4n) is 4.18. The van der Waals surface area contributed by atoms with Gasteiger partial charge in [-0.25, -0.2) is 4.98 Å². The first-order valence-electron chi connectivity index (χ1n) is 11.0. The summed E-state index contributed by atoms with van der Waals surface area (Å²) < 4.78 is 3.12. The molecule has 0 unspecified atom stereocenters. The number of fused-ring (bicyclic) bond motifs is 1. The molecule has 1 fully saturated rings. The molecule has 0 spiro atoms. The SMILES string of the molecule is Cn1c(-n2ncc(N3CCN(CC=Cc4ccccc4)CC3)c(Cl)c2=O)nc2ccccc21. The highest BCUT2D eigenvalue weighted by Crippen LogP contribution is 2.23. The van der Waals surface area contributed by atoms with Crippen LogP contribution in [0.15, 0.2) is 71.7 Å². The Labute approximate surface area is 197 Å². The number of halogens is 1. The fourth-order valence-corrected chi connectivity index (χ4v) is 4.43. The van der Waals surface area contributed by atoms with E-state index in [1.807, 2.05) is 54.1 Å². The first kappa shape index (κ1) is 21.4. The average Bonchev–Trinajstić information content (AvgIpc) is 3.18. The first-order valence-corrected chi connectivity index (χ1v) is 11.4. The zero-order chi connectivity index (χ0) is 22.8. The first-order chi connectivity index (χ1) is 16.1. The largest absolute Gasteiger partial charge is 0.366 e. The van der Waals surface area contributed by atoms with Gasteiger partial charge >= 0.3 is 0 Å². The van der Waals surface area contributed by atoms with Crippen LogP contribution in [-0.4, -0.2) is 57.0 Å². The van der Waals surface area contributed by atoms with Gasteiger partial charge in [0.2, 0.25) is 5.95 Å². The number of para-hydroxylation sites is 2. The van der Waals surface area contributed by atoms with Crippen LogP contribution in [0.4, 0.5) is 5.69 Å². The van der Waals surface area contributed by atoms with Gasteiger partial charge in [0.1, 0.15) is 5.02 Å². The summed E-state index contributed by atoms with van der Waals surface area (Å²) in [6, 6.07) is 18.0. The van der Waals surface area contributed by atoms with Crippen LogP contribution in [0.1, 0.15) is 5.56 Å². The van der Waals surface area contributed by atoms with E-state index in [-0.39, 0.29) is 10.6 Å². The number of piperazine rings is 1. The second kappa shape index (κ2) is 9.21. The molecule has 0 saturated carbocycles. The van der Waals surface area contributed by atoms with E-state index >= 15 is 0 Å². The minimum absolute atomic E-state index is 0.175. The maximum atomic E-state index is 13.1. The molecule has 8 heteroatoms. The summed E-state index contributed by atoms with van der Waals surface area (Å²) in [6.07, 6.45) is 6.01. The van der Waals surface area contributed by atoms with E-state index in [1.54, 1.807) is 6.20 Å². The summed E-state index contributed by atoms with van der Waals surface area (Å²) in [7, 11) is 1.87. The monoisotopic (exact) mass is 460 g/mol. The van der Waals surface area contributed by atoms with Crippen LogP contribution < -0.4 is 10.5 Å². The summed E-state index contributed by atoms with van der Waals surface area (Å²) in [6.45, 7) is 4.25. The third-order valence-corrected chi connectivity index (χ3v) is 6.40. The van der Waals surface area contributed by atoms with Crippen LogP contribution >= 0.6 is 11.6 Å². The molecule has 168 valence electrons. The fraction of sp³-hybridized carbons (Fsp3) is 0.240. The molecule has 1 saturated heterocycles. The normalized spacial score (nSPS) is 15.0. The molecule has 0 aliphatic carbocycles. The molecule has 2 aromatic carbocycles. The molecule has 5 rings (SSSR count). The Kier molecular flexibility index (Phi) is 5.98. The van der Waals surface area contributed by atoms with Crippen LogP contribution in [0.3, 0.4) is 0 Å². The van der Waals surface area contributed by atoms with Crippen molar-refractivity contribution in [3.63, 3.8) is 0 Å². The molecular weight excluding hydrogens is 436 g/mol. The molecule has 33 heavy (non-hydrogen) atoms. The summed E-state index contributed by atoms with van der Waals surface area (Å²) in [4.78, 5) is 22.2. The second-order valence-corrected chi connectivity index (χ2v) is 8.50. The van der Waals surface area contributed by atoms with Crippen molar-refractivity contribution in [2.75, 3.05) is 37.6 Å². The summed E-state index contributed by atoms with van der Waals surface area (Å²) >= 11 is 6.54. The molecular formula is C25H25ClN6O. The number of anilines is 1. The minimum atomic E-state index is -0.360. The molecule has 3 heterocycles. The highest BCUT2D eigenvalue weighted by molar-refractivity contribution is 6.33. The number of rotatable bonds is 5. The predicted molar refractivity (Wildman–Crippen MR) is 133 cm³/mol. The van der Waals surface area contributed by atoms with Gasteiger partial charge < -0.3 is 9.47 Å². The lowest BCUT2D eigenvalue weighted by molar-refractivity contribution is 0.284. The van der Waals surface area contributed by atoms with Crippen molar-refractivity contribution in [1.82, 2.24) is 24.2 Å². The van der Waals surface area contributed by atoms with Crippen LogP contribution in [0, 0.1) is 0 Å². The van der Waals surface area contributed by atoms with Gasteiger partial charge in [-0.15, -0.1) is 0 Å². The topological polar surface area (TPSA) is 59.2 Å². The van der Waals surface area contributed by atoms with E-state index in [2.05, 4.69) is 44.2 Å². The summed E-state index contributed by atoms with van der Waals surface area (Å²) in [5.74, 6) is 0.449. The Morgan fingerprint density at radius 1 is 1.00 bits per heavy atom. The Morgan fingerprint density at radius 3 is 2.48 bits per heavy atom. The van der Waals surface area contributed by atoms with Crippen molar-refractivity contribution in [3.05, 3.63) is 87.8 Å². The van der Waals surface area contributed by atoms with Gasteiger partial charge in [-0.2, -0.15) is 9.78 Å². The van der Waals surface area contributed by atoms with Crippen molar-refractivity contribution in [3.8, 4) is 5.95 Å². The van der Waals surface area contributed by atoms with Gasteiger partial charge in [0.05, 0.1) is 22.9 Å². The highest BCUT2D eigenvalue weighted by Gasteiger charge is 2.22. The van der Waals surface area contributed by atoms with E-state index in [9.17, 15) is 4.79 Å².